The van der Waals surface area contributed by atoms with Crippen molar-refractivity contribution in [2.45, 2.75) is 55.6 Å². The molecule has 1 aromatic rings. The van der Waals surface area contributed by atoms with Gasteiger partial charge < -0.3 is 19.2 Å². The second-order valence-corrected chi connectivity index (χ2v) is 6.68. The summed E-state index contributed by atoms with van der Waals surface area (Å²) in [6.45, 7) is 2.02. The molecule has 3 rings (SSSR count). The van der Waals surface area contributed by atoms with E-state index >= 15 is 0 Å². The van der Waals surface area contributed by atoms with E-state index in [1.54, 1.807) is 6.07 Å². The summed E-state index contributed by atoms with van der Waals surface area (Å²) in [5, 5.41) is 3.46. The molecular weight excluding hydrogens is 312 g/mol. The molecule has 1 saturated carbocycles. The number of hydrogen-bond acceptors (Lipinski definition) is 5. The molecule has 1 aliphatic carbocycles. The number of halogens is 2. The highest BCUT2D eigenvalue weighted by Gasteiger charge is 2.40. The van der Waals surface area contributed by atoms with E-state index in [9.17, 15) is 8.78 Å². The fraction of sp³-hybridized carbons (Fsp3) is 0.733. The van der Waals surface area contributed by atoms with Gasteiger partial charge in [-0.1, -0.05) is 11.8 Å². The Morgan fingerprint density at radius 1 is 1.18 bits per heavy atom. The Morgan fingerprint density at radius 2 is 1.86 bits per heavy atom. The number of furan rings is 1. The zero-order valence-corrected chi connectivity index (χ0v) is 13.2. The first kappa shape index (κ1) is 16.2. The Hall–Kier alpha value is -0.630. The van der Waals surface area contributed by atoms with Crippen molar-refractivity contribution in [3.8, 4) is 0 Å². The van der Waals surface area contributed by atoms with Gasteiger partial charge in [0.2, 0.25) is 0 Å². The van der Waals surface area contributed by atoms with Crippen LogP contribution in [-0.4, -0.2) is 30.8 Å². The van der Waals surface area contributed by atoms with Crippen LogP contribution in [0.5, 0.6) is 0 Å². The van der Waals surface area contributed by atoms with Crippen LogP contribution in [0, 0.1) is 0 Å². The average molecular weight is 333 g/mol. The Balaban J connectivity index is 1.40. The first-order valence-corrected chi connectivity index (χ1v) is 8.69. The zero-order valence-electron chi connectivity index (χ0n) is 12.4. The molecule has 0 unspecified atom stereocenters. The molecule has 0 radical (unpaired) electrons. The molecule has 0 atom stereocenters. The van der Waals surface area contributed by atoms with Gasteiger partial charge in [-0.2, -0.15) is 8.78 Å². The van der Waals surface area contributed by atoms with Gasteiger partial charge in [0, 0.05) is 18.9 Å². The maximum Gasteiger partial charge on any atom is 0.284 e. The van der Waals surface area contributed by atoms with E-state index in [4.69, 9.17) is 13.9 Å². The van der Waals surface area contributed by atoms with Crippen LogP contribution in [0.3, 0.4) is 0 Å². The van der Waals surface area contributed by atoms with Crippen molar-refractivity contribution >= 4 is 11.8 Å². The SMILES string of the molecule is FC(F)SCc1ccc(CNC2CCC3(CC2)OCCO3)o1. The number of rotatable bonds is 6. The highest BCUT2D eigenvalue weighted by molar-refractivity contribution is 7.98. The van der Waals surface area contributed by atoms with Crippen molar-refractivity contribution in [2.24, 2.45) is 0 Å². The summed E-state index contributed by atoms with van der Waals surface area (Å²) in [5.74, 6) is -1.10. The quantitative estimate of drug-likeness (QED) is 0.863. The largest absolute Gasteiger partial charge is 0.464 e. The van der Waals surface area contributed by atoms with Gasteiger partial charge in [-0.3, -0.25) is 0 Å². The van der Waals surface area contributed by atoms with Gasteiger partial charge >= 0.3 is 0 Å². The molecule has 0 bridgehead atoms. The van der Waals surface area contributed by atoms with E-state index in [0.717, 1.165) is 31.4 Å². The highest BCUT2D eigenvalue weighted by atomic mass is 32.2. The number of ether oxygens (including phenoxy) is 2. The van der Waals surface area contributed by atoms with Crippen LogP contribution < -0.4 is 5.32 Å². The summed E-state index contributed by atoms with van der Waals surface area (Å²) >= 11 is 0.579. The summed E-state index contributed by atoms with van der Waals surface area (Å²) in [7, 11) is 0. The first-order valence-electron chi connectivity index (χ1n) is 7.64. The lowest BCUT2D eigenvalue weighted by atomic mass is 9.90. The van der Waals surface area contributed by atoms with Gasteiger partial charge in [0.15, 0.2) is 5.79 Å². The highest BCUT2D eigenvalue weighted by Crippen LogP contribution is 2.35. The smallest absolute Gasteiger partial charge is 0.284 e. The molecule has 4 nitrogen and oxygen atoms in total. The minimum atomic E-state index is -2.36. The summed E-state index contributed by atoms with van der Waals surface area (Å²) < 4.78 is 41.2. The van der Waals surface area contributed by atoms with Crippen molar-refractivity contribution < 1.29 is 22.7 Å². The first-order chi connectivity index (χ1) is 10.7. The normalized spacial score (nSPS) is 22.0. The molecule has 7 heteroatoms. The molecule has 1 N–H and O–H groups in total. The van der Waals surface area contributed by atoms with Gasteiger partial charge in [0.25, 0.3) is 5.76 Å². The fourth-order valence-electron chi connectivity index (χ4n) is 3.03. The lowest BCUT2D eigenvalue weighted by molar-refractivity contribution is -0.179. The lowest BCUT2D eigenvalue weighted by Gasteiger charge is -2.35. The molecular formula is C15H21F2NO3S. The molecule has 2 fully saturated rings. The summed E-state index contributed by atoms with van der Waals surface area (Å²) in [6, 6.07) is 4.03. The van der Waals surface area contributed by atoms with E-state index in [2.05, 4.69) is 5.32 Å². The van der Waals surface area contributed by atoms with Crippen molar-refractivity contribution in [1.29, 1.82) is 0 Å². The van der Waals surface area contributed by atoms with E-state index in [0.29, 0.717) is 43.3 Å². The topological polar surface area (TPSA) is 43.6 Å². The lowest BCUT2D eigenvalue weighted by Crippen LogP contribution is -2.41. The van der Waals surface area contributed by atoms with Crippen LogP contribution in [0.2, 0.25) is 0 Å². The predicted octanol–water partition coefficient (Wildman–Crippen LogP) is 3.51. The Labute approximate surface area is 132 Å². The van der Waals surface area contributed by atoms with Crippen LogP contribution in [0.4, 0.5) is 8.78 Å². The molecule has 2 aliphatic rings. The van der Waals surface area contributed by atoms with Crippen molar-refractivity contribution in [2.75, 3.05) is 13.2 Å². The Morgan fingerprint density at radius 3 is 2.55 bits per heavy atom. The third-order valence-electron chi connectivity index (χ3n) is 4.19. The number of nitrogens with one attached hydrogen (secondary N) is 1. The van der Waals surface area contributed by atoms with Crippen molar-refractivity contribution in [3.63, 3.8) is 0 Å². The molecule has 22 heavy (non-hydrogen) atoms. The number of thioether (sulfide) groups is 1. The van der Waals surface area contributed by atoms with Crippen LogP contribution in [-0.2, 0) is 21.8 Å². The van der Waals surface area contributed by atoms with E-state index in [1.165, 1.54) is 0 Å². The molecule has 1 aliphatic heterocycles. The van der Waals surface area contributed by atoms with Gasteiger partial charge in [0.1, 0.15) is 11.5 Å². The van der Waals surface area contributed by atoms with Crippen molar-refractivity contribution in [3.05, 3.63) is 23.7 Å². The second-order valence-electron chi connectivity index (χ2n) is 5.70. The maximum absolute atomic E-state index is 12.1. The van der Waals surface area contributed by atoms with Crippen LogP contribution in [0.25, 0.3) is 0 Å². The van der Waals surface area contributed by atoms with Crippen LogP contribution >= 0.6 is 11.8 Å². The minimum absolute atomic E-state index is 0.207. The molecule has 1 aromatic heterocycles. The van der Waals surface area contributed by atoms with Gasteiger partial charge in [-0.05, 0) is 25.0 Å². The van der Waals surface area contributed by atoms with Crippen LogP contribution in [0.1, 0.15) is 37.2 Å². The Kier molecular flexibility index (Phi) is 5.38. The van der Waals surface area contributed by atoms with E-state index < -0.39 is 5.76 Å². The zero-order chi connectivity index (χ0) is 15.4. The predicted molar refractivity (Wildman–Crippen MR) is 79.7 cm³/mol. The van der Waals surface area contributed by atoms with Crippen LogP contribution in [0.15, 0.2) is 16.5 Å². The Bertz CT molecular complexity index is 467. The van der Waals surface area contributed by atoms with E-state index in [-0.39, 0.29) is 11.5 Å². The average Bonchev–Trinajstić information content (AvgIpc) is 3.15. The molecule has 0 amide bonds. The monoisotopic (exact) mass is 333 g/mol. The standard InChI is InChI=1S/C15H21F2NO3S/c16-14(17)22-10-13-2-1-12(21-13)9-18-11-3-5-15(6-4-11)19-7-8-20-15/h1-2,11,14,18H,3-10H2. The van der Waals surface area contributed by atoms with Gasteiger partial charge in [-0.15, -0.1) is 0 Å². The third-order valence-corrected chi connectivity index (χ3v) is 4.90. The van der Waals surface area contributed by atoms with E-state index in [1.807, 2.05) is 6.07 Å². The number of hydrogen-bond donors (Lipinski definition) is 1. The fourth-order valence-corrected chi connectivity index (χ4v) is 3.48. The third kappa shape index (κ3) is 4.22. The summed E-state index contributed by atoms with van der Waals surface area (Å²) in [5.41, 5.74) is 0. The van der Waals surface area contributed by atoms with Gasteiger partial charge in [-0.25, -0.2) is 0 Å². The molecule has 0 aromatic carbocycles. The summed E-state index contributed by atoms with van der Waals surface area (Å²) in [6.07, 6.45) is 3.85. The molecule has 2 heterocycles. The second kappa shape index (κ2) is 7.29. The van der Waals surface area contributed by atoms with Gasteiger partial charge in [0.05, 0.1) is 25.5 Å². The maximum atomic E-state index is 12.1. The minimum Gasteiger partial charge on any atom is -0.464 e. The number of alkyl halides is 2. The summed E-state index contributed by atoms with van der Waals surface area (Å²) in [4.78, 5) is 0. The molecule has 1 spiro atoms. The van der Waals surface area contributed by atoms with Crippen molar-refractivity contribution in [1.82, 2.24) is 5.32 Å². The molecule has 124 valence electrons. The molecule has 1 saturated heterocycles.